The maximum atomic E-state index is 11.6. The minimum absolute atomic E-state index is 0.108. The highest BCUT2D eigenvalue weighted by Gasteiger charge is 2.52. The van der Waals surface area contributed by atoms with Gasteiger partial charge in [0.1, 0.15) is 5.69 Å². The summed E-state index contributed by atoms with van der Waals surface area (Å²) < 4.78 is 12.0. The Morgan fingerprint density at radius 3 is 2.16 bits per heavy atom. The van der Waals surface area contributed by atoms with Crippen LogP contribution in [0, 0.1) is 10.1 Å². The van der Waals surface area contributed by atoms with Crippen LogP contribution >= 0.6 is 0 Å². The molecule has 2 aliphatic heterocycles. The lowest BCUT2D eigenvalue weighted by molar-refractivity contribution is -0.384. The standard InChI is InChI=1S/C17H26BN3O4/c1-16(2)17(3,4)25-18(24-16)13-6-7-14(15(12-13)21(22)23)20-10-8-19(5)9-11-20/h6-7,12H,8-11H2,1-5H3. The van der Waals surface area contributed by atoms with E-state index < -0.39 is 18.3 Å². The minimum atomic E-state index is -0.592. The number of nitro groups is 1. The van der Waals surface area contributed by atoms with Gasteiger partial charge in [0.05, 0.1) is 16.1 Å². The van der Waals surface area contributed by atoms with E-state index in [0.717, 1.165) is 26.2 Å². The first-order chi connectivity index (χ1) is 11.6. The molecule has 2 heterocycles. The molecule has 25 heavy (non-hydrogen) atoms. The Morgan fingerprint density at radius 1 is 1.08 bits per heavy atom. The van der Waals surface area contributed by atoms with Gasteiger partial charge in [-0.05, 0) is 46.3 Å². The zero-order chi connectivity index (χ0) is 18.4. The molecule has 3 rings (SSSR count). The summed E-state index contributed by atoms with van der Waals surface area (Å²) in [6.45, 7) is 11.3. The molecule has 0 radical (unpaired) electrons. The molecule has 2 saturated heterocycles. The van der Waals surface area contributed by atoms with Crippen LogP contribution in [0.1, 0.15) is 27.7 Å². The maximum Gasteiger partial charge on any atom is 0.495 e. The maximum absolute atomic E-state index is 11.6. The van der Waals surface area contributed by atoms with E-state index in [1.807, 2.05) is 39.8 Å². The summed E-state index contributed by atoms with van der Waals surface area (Å²) in [5.74, 6) is 0. The lowest BCUT2D eigenvalue weighted by Gasteiger charge is -2.33. The van der Waals surface area contributed by atoms with Gasteiger partial charge in [0.25, 0.3) is 5.69 Å². The number of rotatable bonds is 3. The molecule has 0 aliphatic carbocycles. The van der Waals surface area contributed by atoms with E-state index in [4.69, 9.17) is 9.31 Å². The summed E-state index contributed by atoms with van der Waals surface area (Å²) in [7, 11) is 1.47. The van der Waals surface area contributed by atoms with Gasteiger partial charge in [-0.25, -0.2) is 0 Å². The highest BCUT2D eigenvalue weighted by atomic mass is 16.7. The van der Waals surface area contributed by atoms with Crippen LogP contribution < -0.4 is 10.4 Å². The summed E-state index contributed by atoms with van der Waals surface area (Å²) in [4.78, 5) is 15.6. The summed E-state index contributed by atoms with van der Waals surface area (Å²) in [5.41, 5.74) is 0.517. The first-order valence-electron chi connectivity index (χ1n) is 8.68. The van der Waals surface area contributed by atoms with E-state index in [1.54, 1.807) is 6.07 Å². The molecule has 0 amide bonds. The van der Waals surface area contributed by atoms with E-state index >= 15 is 0 Å². The molecular formula is C17H26BN3O4. The van der Waals surface area contributed by atoms with Crippen molar-refractivity contribution in [2.45, 2.75) is 38.9 Å². The van der Waals surface area contributed by atoms with Crippen LogP contribution in [0.4, 0.5) is 11.4 Å². The smallest absolute Gasteiger partial charge is 0.399 e. The number of anilines is 1. The summed E-state index contributed by atoms with van der Waals surface area (Å²) >= 11 is 0. The van der Waals surface area contributed by atoms with Gasteiger partial charge in [0, 0.05) is 32.2 Å². The zero-order valence-corrected chi connectivity index (χ0v) is 15.6. The molecule has 0 atom stereocenters. The number of hydrogen-bond acceptors (Lipinski definition) is 6. The van der Waals surface area contributed by atoms with E-state index in [9.17, 15) is 10.1 Å². The van der Waals surface area contributed by atoms with Crippen LogP contribution in [0.25, 0.3) is 0 Å². The fourth-order valence-corrected chi connectivity index (χ4v) is 3.13. The van der Waals surface area contributed by atoms with Crippen LogP contribution in [-0.2, 0) is 9.31 Å². The Bertz CT molecular complexity index is 656. The van der Waals surface area contributed by atoms with Crippen LogP contribution in [0.5, 0.6) is 0 Å². The molecule has 2 aliphatic rings. The molecule has 1 aromatic carbocycles. The number of hydrogen-bond donors (Lipinski definition) is 0. The van der Waals surface area contributed by atoms with E-state index in [-0.39, 0.29) is 10.6 Å². The highest BCUT2D eigenvalue weighted by Crippen LogP contribution is 2.37. The molecule has 0 saturated carbocycles. The van der Waals surface area contributed by atoms with Crippen LogP contribution in [0.15, 0.2) is 18.2 Å². The Morgan fingerprint density at radius 2 is 1.64 bits per heavy atom. The fourth-order valence-electron chi connectivity index (χ4n) is 3.13. The molecule has 136 valence electrons. The SMILES string of the molecule is CN1CCN(c2ccc(B3OC(C)(C)C(C)(C)O3)cc2[N+](=O)[O-])CC1. The van der Waals surface area contributed by atoms with Gasteiger partial charge in [0.2, 0.25) is 0 Å². The molecule has 2 fully saturated rings. The number of nitro benzene ring substituents is 1. The van der Waals surface area contributed by atoms with Gasteiger partial charge in [-0.15, -0.1) is 0 Å². The third kappa shape index (κ3) is 3.38. The average Bonchev–Trinajstić information content (AvgIpc) is 2.75. The van der Waals surface area contributed by atoms with E-state index in [1.165, 1.54) is 0 Å². The molecule has 0 aromatic heterocycles. The van der Waals surface area contributed by atoms with Crippen molar-refractivity contribution in [3.63, 3.8) is 0 Å². The first-order valence-corrected chi connectivity index (χ1v) is 8.68. The van der Waals surface area contributed by atoms with Gasteiger partial charge in [-0.2, -0.15) is 0 Å². The lowest BCUT2D eigenvalue weighted by Crippen LogP contribution is -2.45. The normalized spacial score (nSPS) is 23.1. The van der Waals surface area contributed by atoms with Crippen LogP contribution in [0.3, 0.4) is 0 Å². The van der Waals surface area contributed by atoms with Crippen molar-refractivity contribution in [3.05, 3.63) is 28.3 Å². The van der Waals surface area contributed by atoms with Crippen molar-refractivity contribution in [2.75, 3.05) is 38.1 Å². The number of likely N-dealkylation sites (N-methyl/N-ethyl adjacent to an activating group) is 1. The molecule has 8 heteroatoms. The van der Waals surface area contributed by atoms with Crippen molar-refractivity contribution in [1.29, 1.82) is 0 Å². The third-order valence-corrected chi connectivity index (χ3v) is 5.57. The molecule has 0 spiro atoms. The Balaban J connectivity index is 1.89. The molecule has 0 bridgehead atoms. The number of piperazine rings is 1. The fraction of sp³-hybridized carbons (Fsp3) is 0.647. The molecular weight excluding hydrogens is 321 g/mol. The lowest BCUT2D eigenvalue weighted by atomic mass is 9.78. The van der Waals surface area contributed by atoms with Gasteiger partial charge in [-0.3, -0.25) is 10.1 Å². The van der Waals surface area contributed by atoms with Crippen LogP contribution in [0.2, 0.25) is 0 Å². The second kappa shape index (κ2) is 6.27. The first kappa shape index (κ1) is 18.2. The predicted molar refractivity (Wildman–Crippen MR) is 98.5 cm³/mol. The van der Waals surface area contributed by atoms with Crippen molar-refractivity contribution in [2.24, 2.45) is 0 Å². The minimum Gasteiger partial charge on any atom is -0.399 e. The molecule has 0 unspecified atom stereocenters. The average molecular weight is 347 g/mol. The number of nitrogens with zero attached hydrogens (tertiary/aromatic N) is 3. The van der Waals surface area contributed by atoms with E-state index in [0.29, 0.717) is 11.2 Å². The van der Waals surface area contributed by atoms with Gasteiger partial charge in [-0.1, -0.05) is 6.07 Å². The van der Waals surface area contributed by atoms with Gasteiger partial charge in [0.15, 0.2) is 0 Å². The monoisotopic (exact) mass is 347 g/mol. The molecule has 1 aromatic rings. The Hall–Kier alpha value is -1.64. The second-order valence-corrected chi connectivity index (χ2v) is 7.88. The van der Waals surface area contributed by atoms with E-state index in [2.05, 4.69) is 16.8 Å². The number of benzene rings is 1. The Kier molecular flexibility index (Phi) is 4.55. The zero-order valence-electron chi connectivity index (χ0n) is 15.6. The quantitative estimate of drug-likeness (QED) is 0.471. The predicted octanol–water partition coefficient (Wildman–Crippen LogP) is 1.65. The Labute approximate surface area is 149 Å². The highest BCUT2D eigenvalue weighted by molar-refractivity contribution is 6.62. The third-order valence-electron chi connectivity index (χ3n) is 5.57. The van der Waals surface area contributed by atoms with Crippen molar-refractivity contribution < 1.29 is 14.2 Å². The van der Waals surface area contributed by atoms with Gasteiger partial charge < -0.3 is 19.1 Å². The molecule has 7 nitrogen and oxygen atoms in total. The van der Waals surface area contributed by atoms with Gasteiger partial charge >= 0.3 is 7.12 Å². The van der Waals surface area contributed by atoms with Crippen LogP contribution in [-0.4, -0.2) is 61.4 Å². The topological polar surface area (TPSA) is 68.1 Å². The van der Waals surface area contributed by atoms with Crippen molar-refractivity contribution in [1.82, 2.24) is 4.90 Å². The molecule has 0 N–H and O–H groups in total. The van der Waals surface area contributed by atoms with Crippen molar-refractivity contribution >= 4 is 24.0 Å². The summed E-state index contributed by atoms with van der Waals surface area (Å²) in [5, 5.41) is 11.6. The summed E-state index contributed by atoms with van der Waals surface area (Å²) in [6.07, 6.45) is 0. The summed E-state index contributed by atoms with van der Waals surface area (Å²) in [6, 6.07) is 5.29. The van der Waals surface area contributed by atoms with Crippen molar-refractivity contribution in [3.8, 4) is 0 Å². The second-order valence-electron chi connectivity index (χ2n) is 7.88. The largest absolute Gasteiger partial charge is 0.495 e.